The summed E-state index contributed by atoms with van der Waals surface area (Å²) in [5, 5.41) is 4.26. The number of halogens is 1. The fraction of sp³-hybridized carbons (Fsp3) is 0.0714. The van der Waals surface area contributed by atoms with Gasteiger partial charge in [-0.05, 0) is 42.3 Å². The molecule has 6 heteroatoms. The van der Waals surface area contributed by atoms with Crippen molar-refractivity contribution in [1.82, 2.24) is 4.83 Å². The Morgan fingerprint density at radius 1 is 1.10 bits per heavy atom. The molecule has 0 aliphatic rings. The second kappa shape index (κ2) is 6.07. The molecule has 0 aromatic heterocycles. The highest BCUT2D eigenvalue weighted by Crippen LogP contribution is 2.13. The summed E-state index contributed by atoms with van der Waals surface area (Å²) in [5.41, 5.74) is 1.87. The quantitative estimate of drug-likeness (QED) is 0.697. The molecule has 0 heterocycles. The lowest BCUT2D eigenvalue weighted by Crippen LogP contribution is -2.18. The van der Waals surface area contributed by atoms with E-state index >= 15 is 0 Å². The van der Waals surface area contributed by atoms with Crippen molar-refractivity contribution in [1.29, 1.82) is 0 Å². The van der Waals surface area contributed by atoms with Crippen molar-refractivity contribution in [3.63, 3.8) is 0 Å². The van der Waals surface area contributed by atoms with Crippen LogP contribution < -0.4 is 4.83 Å². The van der Waals surface area contributed by atoms with Crippen molar-refractivity contribution in [2.75, 3.05) is 0 Å². The van der Waals surface area contributed by atoms with Crippen molar-refractivity contribution in [3.05, 3.63) is 64.7 Å². The molecule has 0 radical (unpaired) electrons. The van der Waals surface area contributed by atoms with Crippen LogP contribution in [0.5, 0.6) is 0 Å². The Hall–Kier alpha value is -1.85. The van der Waals surface area contributed by atoms with Gasteiger partial charge in [-0.1, -0.05) is 35.9 Å². The molecule has 0 aliphatic heterocycles. The number of nitrogens with zero attached hydrogens (tertiary/aromatic N) is 1. The molecule has 2 aromatic carbocycles. The summed E-state index contributed by atoms with van der Waals surface area (Å²) >= 11 is 5.72. The topological polar surface area (TPSA) is 58.5 Å². The summed E-state index contributed by atoms with van der Waals surface area (Å²) in [4.78, 5) is 2.28. The van der Waals surface area contributed by atoms with Crippen LogP contribution in [0.4, 0.5) is 0 Å². The van der Waals surface area contributed by atoms with Crippen LogP contribution in [0.15, 0.2) is 58.5 Å². The molecule has 2 aromatic rings. The highest BCUT2D eigenvalue weighted by molar-refractivity contribution is 7.89. The first-order valence-electron chi connectivity index (χ1n) is 5.85. The van der Waals surface area contributed by atoms with Crippen LogP contribution in [-0.2, 0) is 10.0 Å². The third kappa shape index (κ3) is 3.59. The number of nitrogens with one attached hydrogen (secondary N) is 1. The zero-order chi connectivity index (χ0) is 14.6. The van der Waals surface area contributed by atoms with Gasteiger partial charge in [0.15, 0.2) is 0 Å². The predicted molar refractivity (Wildman–Crippen MR) is 80.5 cm³/mol. The predicted octanol–water partition coefficient (Wildman–Crippen LogP) is 2.96. The van der Waals surface area contributed by atoms with E-state index in [0.717, 1.165) is 11.1 Å². The smallest absolute Gasteiger partial charge is 0.200 e. The Morgan fingerprint density at radius 2 is 1.75 bits per heavy atom. The number of hydrogen-bond acceptors (Lipinski definition) is 3. The van der Waals surface area contributed by atoms with Crippen molar-refractivity contribution < 1.29 is 8.42 Å². The fourth-order valence-corrected chi connectivity index (χ4v) is 2.48. The van der Waals surface area contributed by atoms with E-state index in [9.17, 15) is 8.42 Å². The van der Waals surface area contributed by atoms with Crippen molar-refractivity contribution in [2.45, 2.75) is 11.8 Å². The third-order valence-electron chi connectivity index (χ3n) is 2.69. The first-order chi connectivity index (χ1) is 9.49. The van der Waals surface area contributed by atoms with Crippen LogP contribution in [-0.4, -0.2) is 14.6 Å². The number of sulfonamides is 1. The van der Waals surface area contributed by atoms with Crippen molar-refractivity contribution in [2.24, 2.45) is 5.10 Å². The fourth-order valence-electron chi connectivity index (χ4n) is 1.56. The zero-order valence-corrected chi connectivity index (χ0v) is 12.3. The summed E-state index contributed by atoms with van der Waals surface area (Å²) in [6, 6.07) is 13.4. The molecule has 4 nitrogen and oxygen atoms in total. The minimum Gasteiger partial charge on any atom is -0.200 e. The zero-order valence-electron chi connectivity index (χ0n) is 10.7. The number of rotatable bonds is 4. The number of hydrogen-bond donors (Lipinski definition) is 1. The molecule has 0 aliphatic carbocycles. The van der Waals surface area contributed by atoms with Gasteiger partial charge in [0.1, 0.15) is 0 Å². The van der Waals surface area contributed by atoms with E-state index in [-0.39, 0.29) is 4.90 Å². The Bertz CT molecular complexity index is 725. The van der Waals surface area contributed by atoms with Gasteiger partial charge in [-0.15, -0.1) is 0 Å². The summed E-state index contributed by atoms with van der Waals surface area (Å²) in [5.74, 6) is 0. The van der Waals surface area contributed by atoms with Crippen molar-refractivity contribution >= 4 is 27.8 Å². The second-order valence-corrected chi connectivity index (χ2v) is 6.26. The Kier molecular flexibility index (Phi) is 4.42. The van der Waals surface area contributed by atoms with E-state index < -0.39 is 10.0 Å². The average Bonchev–Trinajstić information content (AvgIpc) is 2.41. The minimum atomic E-state index is -3.67. The molecule has 0 amide bonds. The molecule has 0 bridgehead atoms. The molecule has 0 saturated heterocycles. The van der Waals surface area contributed by atoms with Crippen LogP contribution in [0.25, 0.3) is 0 Å². The van der Waals surface area contributed by atoms with Crippen LogP contribution in [0, 0.1) is 6.92 Å². The van der Waals surface area contributed by atoms with E-state index in [2.05, 4.69) is 9.93 Å². The number of benzene rings is 2. The van der Waals surface area contributed by atoms with Crippen LogP contribution in [0.2, 0.25) is 5.02 Å². The Balaban J connectivity index is 2.14. The minimum absolute atomic E-state index is 0.115. The molecule has 2 rings (SSSR count). The molecule has 20 heavy (non-hydrogen) atoms. The summed E-state index contributed by atoms with van der Waals surface area (Å²) < 4.78 is 23.9. The Labute approximate surface area is 123 Å². The van der Waals surface area contributed by atoms with Gasteiger partial charge in [0.25, 0.3) is 10.0 Å². The first-order valence-corrected chi connectivity index (χ1v) is 7.71. The maximum atomic E-state index is 12.0. The number of aryl methyl sites for hydroxylation is 1. The van der Waals surface area contributed by atoms with Crippen LogP contribution in [0.3, 0.4) is 0 Å². The summed E-state index contributed by atoms with van der Waals surface area (Å²) in [6.45, 7) is 1.93. The standard InChI is InChI=1S/C14H13ClN2O2S/c1-11-4-2-3-5-12(11)10-16-17-20(18,19)14-8-6-13(15)7-9-14/h2-10,17H,1H3. The molecule has 104 valence electrons. The van der Waals surface area contributed by atoms with Gasteiger partial charge in [0.2, 0.25) is 0 Å². The summed E-state index contributed by atoms with van der Waals surface area (Å²) in [6.07, 6.45) is 1.48. The second-order valence-electron chi connectivity index (χ2n) is 4.16. The molecule has 0 spiro atoms. The van der Waals surface area contributed by atoms with Crippen LogP contribution >= 0.6 is 11.6 Å². The molecule has 0 saturated carbocycles. The molecular weight excluding hydrogens is 296 g/mol. The lowest BCUT2D eigenvalue weighted by molar-refractivity contribution is 0.584. The highest BCUT2D eigenvalue weighted by Gasteiger charge is 2.11. The maximum absolute atomic E-state index is 12.0. The monoisotopic (exact) mass is 308 g/mol. The van der Waals surface area contributed by atoms with E-state index in [0.29, 0.717) is 5.02 Å². The average molecular weight is 309 g/mol. The summed E-state index contributed by atoms with van der Waals surface area (Å²) in [7, 11) is -3.67. The molecule has 1 N–H and O–H groups in total. The molecule has 0 atom stereocenters. The van der Waals surface area contributed by atoms with E-state index in [1.165, 1.54) is 30.5 Å². The molecule has 0 unspecified atom stereocenters. The third-order valence-corrected chi connectivity index (χ3v) is 4.18. The maximum Gasteiger partial charge on any atom is 0.276 e. The lowest BCUT2D eigenvalue weighted by atomic mass is 10.1. The SMILES string of the molecule is Cc1ccccc1C=NNS(=O)(=O)c1ccc(Cl)cc1. The lowest BCUT2D eigenvalue weighted by Gasteiger charge is -2.03. The van der Waals surface area contributed by atoms with Gasteiger partial charge >= 0.3 is 0 Å². The molecular formula is C14H13ClN2O2S. The Morgan fingerprint density at radius 3 is 2.40 bits per heavy atom. The van der Waals surface area contributed by atoms with Gasteiger partial charge in [0.05, 0.1) is 11.1 Å². The van der Waals surface area contributed by atoms with E-state index in [1.54, 1.807) is 0 Å². The number of hydrazone groups is 1. The normalized spacial score (nSPS) is 11.7. The van der Waals surface area contributed by atoms with Gasteiger partial charge in [-0.3, -0.25) is 0 Å². The van der Waals surface area contributed by atoms with E-state index in [4.69, 9.17) is 11.6 Å². The van der Waals surface area contributed by atoms with Crippen LogP contribution in [0.1, 0.15) is 11.1 Å². The largest absolute Gasteiger partial charge is 0.276 e. The van der Waals surface area contributed by atoms with Gasteiger partial charge in [-0.2, -0.15) is 13.5 Å². The molecule has 0 fully saturated rings. The van der Waals surface area contributed by atoms with Crippen molar-refractivity contribution in [3.8, 4) is 0 Å². The first kappa shape index (κ1) is 14.6. The van der Waals surface area contributed by atoms with Gasteiger partial charge in [0, 0.05) is 5.02 Å². The highest BCUT2D eigenvalue weighted by atomic mass is 35.5. The van der Waals surface area contributed by atoms with Gasteiger partial charge in [-0.25, -0.2) is 4.83 Å². The van der Waals surface area contributed by atoms with Gasteiger partial charge < -0.3 is 0 Å². The van der Waals surface area contributed by atoms with E-state index in [1.807, 2.05) is 31.2 Å².